The van der Waals surface area contributed by atoms with E-state index in [2.05, 4.69) is 36.9 Å². The number of benzene rings is 1. The van der Waals surface area contributed by atoms with Crippen LogP contribution in [0.15, 0.2) is 23.1 Å². The average molecular weight is 247 g/mol. The highest BCUT2D eigenvalue weighted by atomic mass is 32.2. The molecule has 0 aromatic heterocycles. The molecule has 1 unspecified atom stereocenters. The van der Waals surface area contributed by atoms with Gasteiger partial charge in [0.2, 0.25) is 0 Å². The monoisotopic (exact) mass is 247 g/mol. The van der Waals surface area contributed by atoms with E-state index in [0.29, 0.717) is 5.41 Å². The molecule has 3 rings (SSSR count). The standard InChI is InChI=1S/C15H21NS/c1-11-9-12-5-4-6-13(14(12)17-11)15(10-16)7-2-3-8-15/h4-6,11H,2-3,7-10,16H2,1H3. The van der Waals surface area contributed by atoms with Crippen molar-refractivity contribution in [1.82, 2.24) is 0 Å². The normalized spacial score (nSPS) is 26.1. The Labute approximate surface area is 108 Å². The number of hydrogen-bond donors (Lipinski definition) is 1. The second-order valence-corrected chi connectivity index (χ2v) is 7.07. The van der Waals surface area contributed by atoms with Crippen LogP contribution >= 0.6 is 11.8 Å². The van der Waals surface area contributed by atoms with Gasteiger partial charge in [-0.15, -0.1) is 11.8 Å². The van der Waals surface area contributed by atoms with Crippen LogP contribution in [-0.4, -0.2) is 11.8 Å². The number of nitrogens with two attached hydrogens (primary N) is 1. The minimum atomic E-state index is 0.294. The summed E-state index contributed by atoms with van der Waals surface area (Å²) >= 11 is 2.06. The fourth-order valence-corrected chi connectivity index (χ4v) is 4.87. The number of hydrogen-bond acceptors (Lipinski definition) is 2. The topological polar surface area (TPSA) is 26.0 Å². The van der Waals surface area contributed by atoms with Crippen molar-refractivity contribution in [2.75, 3.05) is 6.54 Å². The lowest BCUT2D eigenvalue weighted by atomic mass is 9.78. The first-order valence-electron chi connectivity index (χ1n) is 6.74. The lowest BCUT2D eigenvalue weighted by molar-refractivity contribution is 0.445. The molecule has 2 N–H and O–H groups in total. The van der Waals surface area contributed by atoms with Crippen molar-refractivity contribution in [2.45, 2.75) is 54.6 Å². The van der Waals surface area contributed by atoms with E-state index in [0.717, 1.165) is 11.8 Å². The molecule has 2 heteroatoms. The summed E-state index contributed by atoms with van der Waals surface area (Å²) in [5, 5.41) is 0.738. The van der Waals surface area contributed by atoms with Crippen LogP contribution in [0.3, 0.4) is 0 Å². The molecule has 1 aliphatic heterocycles. The van der Waals surface area contributed by atoms with Crippen LogP contribution in [0.5, 0.6) is 0 Å². The van der Waals surface area contributed by atoms with Crippen molar-refractivity contribution in [3.63, 3.8) is 0 Å². The van der Waals surface area contributed by atoms with E-state index < -0.39 is 0 Å². The number of thioether (sulfide) groups is 1. The molecular formula is C15H21NS. The van der Waals surface area contributed by atoms with Gasteiger partial charge in [0.05, 0.1) is 0 Å². The zero-order chi connectivity index (χ0) is 11.9. The van der Waals surface area contributed by atoms with Gasteiger partial charge in [0.15, 0.2) is 0 Å². The summed E-state index contributed by atoms with van der Waals surface area (Å²) in [5.74, 6) is 0. The Morgan fingerprint density at radius 2 is 2.12 bits per heavy atom. The van der Waals surface area contributed by atoms with Crippen LogP contribution < -0.4 is 5.73 Å². The molecule has 1 aromatic carbocycles. The maximum absolute atomic E-state index is 6.12. The van der Waals surface area contributed by atoms with Crippen molar-refractivity contribution in [1.29, 1.82) is 0 Å². The van der Waals surface area contributed by atoms with E-state index in [4.69, 9.17) is 5.73 Å². The molecule has 92 valence electrons. The van der Waals surface area contributed by atoms with E-state index in [1.54, 1.807) is 16.0 Å². The first kappa shape index (κ1) is 11.6. The Morgan fingerprint density at radius 1 is 1.35 bits per heavy atom. The van der Waals surface area contributed by atoms with Crippen molar-refractivity contribution in [2.24, 2.45) is 5.73 Å². The second kappa shape index (κ2) is 4.33. The summed E-state index contributed by atoms with van der Waals surface area (Å²) in [6.07, 6.45) is 6.50. The summed E-state index contributed by atoms with van der Waals surface area (Å²) in [7, 11) is 0. The molecule has 1 saturated carbocycles. The first-order valence-corrected chi connectivity index (χ1v) is 7.62. The summed E-state index contributed by atoms with van der Waals surface area (Å²) < 4.78 is 0. The highest BCUT2D eigenvalue weighted by Gasteiger charge is 2.37. The van der Waals surface area contributed by atoms with Crippen LogP contribution in [0.4, 0.5) is 0 Å². The van der Waals surface area contributed by atoms with E-state index in [1.807, 2.05) is 0 Å². The third-order valence-electron chi connectivity index (χ3n) is 4.45. The van der Waals surface area contributed by atoms with Crippen molar-refractivity contribution in [3.05, 3.63) is 29.3 Å². The molecule has 2 aliphatic rings. The molecule has 1 fully saturated rings. The van der Waals surface area contributed by atoms with Gasteiger partial charge in [-0.25, -0.2) is 0 Å². The van der Waals surface area contributed by atoms with E-state index in [-0.39, 0.29) is 0 Å². The summed E-state index contributed by atoms with van der Waals surface area (Å²) in [6, 6.07) is 6.87. The molecule has 1 aromatic rings. The Morgan fingerprint density at radius 3 is 2.82 bits per heavy atom. The third-order valence-corrected chi connectivity index (χ3v) is 5.73. The van der Waals surface area contributed by atoms with Gasteiger partial charge in [0, 0.05) is 22.1 Å². The van der Waals surface area contributed by atoms with Crippen molar-refractivity contribution < 1.29 is 0 Å². The van der Waals surface area contributed by atoms with Gasteiger partial charge in [-0.3, -0.25) is 0 Å². The summed E-state index contributed by atoms with van der Waals surface area (Å²) in [5.41, 5.74) is 9.53. The van der Waals surface area contributed by atoms with Crippen LogP contribution in [0.25, 0.3) is 0 Å². The molecule has 0 amide bonds. The van der Waals surface area contributed by atoms with Gasteiger partial charge in [0.1, 0.15) is 0 Å². The molecule has 0 bridgehead atoms. The molecule has 1 atom stereocenters. The molecule has 17 heavy (non-hydrogen) atoms. The van der Waals surface area contributed by atoms with Gasteiger partial charge < -0.3 is 5.73 Å². The molecule has 1 heterocycles. The maximum Gasteiger partial charge on any atom is 0.0145 e. The quantitative estimate of drug-likeness (QED) is 0.865. The fraction of sp³-hybridized carbons (Fsp3) is 0.600. The Kier molecular flexibility index (Phi) is 2.95. The molecule has 0 saturated heterocycles. The number of fused-ring (bicyclic) bond motifs is 1. The predicted octanol–water partition coefficient (Wildman–Crippen LogP) is 3.49. The lowest BCUT2D eigenvalue weighted by Gasteiger charge is -2.30. The van der Waals surface area contributed by atoms with Gasteiger partial charge in [-0.2, -0.15) is 0 Å². The van der Waals surface area contributed by atoms with Crippen molar-refractivity contribution in [3.8, 4) is 0 Å². The Bertz CT molecular complexity index is 421. The Hall–Kier alpha value is -0.470. The largest absolute Gasteiger partial charge is 0.330 e. The Balaban J connectivity index is 2.06. The summed E-state index contributed by atoms with van der Waals surface area (Å²) in [4.78, 5) is 1.56. The number of rotatable bonds is 2. The third kappa shape index (κ3) is 1.82. The van der Waals surface area contributed by atoms with Crippen molar-refractivity contribution >= 4 is 11.8 Å². The zero-order valence-electron chi connectivity index (χ0n) is 10.5. The molecule has 1 aliphatic carbocycles. The van der Waals surface area contributed by atoms with Crippen LogP contribution in [0.1, 0.15) is 43.7 Å². The SMILES string of the molecule is CC1Cc2cccc(C3(CN)CCCC3)c2S1. The smallest absolute Gasteiger partial charge is 0.0145 e. The van der Waals surface area contributed by atoms with E-state index in [1.165, 1.54) is 32.1 Å². The zero-order valence-corrected chi connectivity index (χ0v) is 11.4. The average Bonchev–Trinajstić information content (AvgIpc) is 2.93. The van der Waals surface area contributed by atoms with E-state index in [9.17, 15) is 0 Å². The minimum Gasteiger partial charge on any atom is -0.330 e. The van der Waals surface area contributed by atoms with Crippen LogP contribution in [0.2, 0.25) is 0 Å². The summed E-state index contributed by atoms with van der Waals surface area (Å²) in [6.45, 7) is 3.15. The molecule has 0 spiro atoms. The lowest BCUT2D eigenvalue weighted by Crippen LogP contribution is -2.32. The van der Waals surface area contributed by atoms with Gasteiger partial charge in [0.25, 0.3) is 0 Å². The molecule has 1 nitrogen and oxygen atoms in total. The van der Waals surface area contributed by atoms with Gasteiger partial charge >= 0.3 is 0 Å². The minimum absolute atomic E-state index is 0.294. The fourth-order valence-electron chi connectivity index (χ4n) is 3.49. The van der Waals surface area contributed by atoms with Gasteiger partial charge in [-0.05, 0) is 30.4 Å². The van der Waals surface area contributed by atoms with Crippen LogP contribution in [-0.2, 0) is 11.8 Å². The van der Waals surface area contributed by atoms with Crippen LogP contribution in [0, 0.1) is 0 Å². The first-order chi connectivity index (χ1) is 8.25. The molecule has 0 radical (unpaired) electrons. The predicted molar refractivity (Wildman–Crippen MR) is 74.7 cm³/mol. The van der Waals surface area contributed by atoms with Gasteiger partial charge in [-0.1, -0.05) is 38.0 Å². The maximum atomic E-state index is 6.12. The van der Waals surface area contributed by atoms with E-state index >= 15 is 0 Å². The highest BCUT2D eigenvalue weighted by molar-refractivity contribution is 8.00. The molecular weight excluding hydrogens is 226 g/mol. The second-order valence-electron chi connectivity index (χ2n) is 5.62. The highest BCUT2D eigenvalue weighted by Crippen LogP contribution is 2.48.